The Bertz CT molecular complexity index is 295. The quantitative estimate of drug-likeness (QED) is 0.345. The predicted molar refractivity (Wildman–Crippen MR) is 101 cm³/mol. The molecule has 21 heavy (non-hydrogen) atoms. The normalized spacial score (nSPS) is 16.8. The van der Waals surface area contributed by atoms with Gasteiger partial charge in [-0.1, -0.05) is 13.8 Å². The first-order chi connectivity index (χ1) is 9.58. The van der Waals surface area contributed by atoms with Crippen molar-refractivity contribution < 1.29 is 4.74 Å². The monoisotopic (exact) mass is 412 g/mol. The Morgan fingerprint density at radius 2 is 1.95 bits per heavy atom. The van der Waals surface area contributed by atoms with E-state index in [1.807, 2.05) is 7.05 Å². The molecule has 126 valence electrons. The van der Waals surface area contributed by atoms with Crippen LogP contribution in [0.15, 0.2) is 4.99 Å². The second kappa shape index (κ2) is 11.5. The number of methoxy groups -OCH3 is 1. The third kappa shape index (κ3) is 8.83. The second-order valence-corrected chi connectivity index (χ2v) is 5.94. The lowest BCUT2D eigenvalue weighted by atomic mass is 10.1. The van der Waals surface area contributed by atoms with E-state index < -0.39 is 0 Å². The molecule has 6 heteroatoms. The van der Waals surface area contributed by atoms with Crippen LogP contribution < -0.4 is 10.6 Å². The Morgan fingerprint density at radius 1 is 1.29 bits per heavy atom. The molecule has 5 nitrogen and oxygen atoms in total. The van der Waals surface area contributed by atoms with Gasteiger partial charge in [0.2, 0.25) is 0 Å². The zero-order valence-corrected chi connectivity index (χ0v) is 16.5. The molecule has 0 heterocycles. The van der Waals surface area contributed by atoms with Crippen molar-refractivity contribution in [3.05, 3.63) is 0 Å². The van der Waals surface area contributed by atoms with Gasteiger partial charge in [-0.25, -0.2) is 0 Å². The van der Waals surface area contributed by atoms with Gasteiger partial charge in [-0.15, -0.1) is 24.0 Å². The highest BCUT2D eigenvalue weighted by Crippen LogP contribution is 2.25. The van der Waals surface area contributed by atoms with Gasteiger partial charge in [-0.3, -0.25) is 9.89 Å². The fourth-order valence-corrected chi connectivity index (χ4v) is 2.02. The van der Waals surface area contributed by atoms with E-state index in [1.165, 1.54) is 12.8 Å². The van der Waals surface area contributed by atoms with Gasteiger partial charge in [0.25, 0.3) is 0 Å². The maximum Gasteiger partial charge on any atom is 0.191 e. The molecule has 1 atom stereocenters. The summed E-state index contributed by atoms with van der Waals surface area (Å²) in [5.41, 5.74) is 0. The Balaban J connectivity index is 0.00000400. The van der Waals surface area contributed by atoms with Crippen molar-refractivity contribution in [1.82, 2.24) is 15.5 Å². The standard InChI is InChI=1S/C15H32N4O.HI/c1-12(2)13(3)18-15(16-4)17-8-9-19(10-11-20-5)14-6-7-14;/h12-14H,6-11H2,1-5H3,(H2,16,17,18);1H. The zero-order valence-electron chi connectivity index (χ0n) is 14.2. The molecule has 1 aliphatic carbocycles. The maximum atomic E-state index is 5.18. The van der Waals surface area contributed by atoms with Gasteiger partial charge >= 0.3 is 0 Å². The molecular weight excluding hydrogens is 379 g/mol. The van der Waals surface area contributed by atoms with E-state index in [0.29, 0.717) is 12.0 Å². The molecule has 1 saturated carbocycles. The summed E-state index contributed by atoms with van der Waals surface area (Å²) in [7, 11) is 3.59. The third-order valence-electron chi connectivity index (χ3n) is 3.93. The van der Waals surface area contributed by atoms with Crippen LogP contribution in [-0.2, 0) is 4.74 Å². The molecule has 1 rings (SSSR count). The fourth-order valence-electron chi connectivity index (χ4n) is 2.02. The van der Waals surface area contributed by atoms with Gasteiger partial charge in [-0.05, 0) is 25.7 Å². The van der Waals surface area contributed by atoms with E-state index in [2.05, 4.69) is 41.3 Å². The number of nitrogens with one attached hydrogen (secondary N) is 2. The van der Waals surface area contributed by atoms with Gasteiger partial charge in [0.1, 0.15) is 0 Å². The van der Waals surface area contributed by atoms with Crippen molar-refractivity contribution in [1.29, 1.82) is 0 Å². The van der Waals surface area contributed by atoms with Gasteiger partial charge in [0.05, 0.1) is 6.61 Å². The molecule has 0 aromatic carbocycles. The molecule has 0 aromatic rings. The van der Waals surface area contributed by atoms with Gasteiger partial charge in [0.15, 0.2) is 5.96 Å². The van der Waals surface area contributed by atoms with Crippen LogP contribution in [0.2, 0.25) is 0 Å². The van der Waals surface area contributed by atoms with Crippen LogP contribution in [0.5, 0.6) is 0 Å². The second-order valence-electron chi connectivity index (χ2n) is 5.94. The lowest BCUT2D eigenvalue weighted by Gasteiger charge is -2.24. The highest BCUT2D eigenvalue weighted by molar-refractivity contribution is 14.0. The third-order valence-corrected chi connectivity index (χ3v) is 3.93. The highest BCUT2D eigenvalue weighted by Gasteiger charge is 2.28. The smallest absolute Gasteiger partial charge is 0.191 e. The molecule has 0 saturated heterocycles. The minimum Gasteiger partial charge on any atom is -0.383 e. The molecule has 0 spiro atoms. The SMILES string of the molecule is CN=C(NCCN(CCOC)C1CC1)NC(C)C(C)C.I. The van der Waals surface area contributed by atoms with E-state index in [-0.39, 0.29) is 24.0 Å². The van der Waals surface area contributed by atoms with Gasteiger partial charge < -0.3 is 15.4 Å². The molecule has 0 bridgehead atoms. The zero-order chi connectivity index (χ0) is 15.0. The summed E-state index contributed by atoms with van der Waals surface area (Å²) in [5, 5.41) is 6.82. The van der Waals surface area contributed by atoms with Crippen molar-refractivity contribution in [2.75, 3.05) is 40.4 Å². The Kier molecular flexibility index (Phi) is 11.4. The van der Waals surface area contributed by atoms with E-state index in [9.17, 15) is 0 Å². The summed E-state index contributed by atoms with van der Waals surface area (Å²) in [6.45, 7) is 10.4. The number of halogens is 1. The topological polar surface area (TPSA) is 48.9 Å². The average Bonchev–Trinajstić information content (AvgIpc) is 3.25. The highest BCUT2D eigenvalue weighted by atomic mass is 127. The van der Waals surface area contributed by atoms with Crippen LogP contribution in [0.4, 0.5) is 0 Å². The lowest BCUT2D eigenvalue weighted by molar-refractivity contribution is 0.144. The molecule has 0 aliphatic heterocycles. The predicted octanol–water partition coefficient (Wildman–Crippen LogP) is 1.92. The number of nitrogens with zero attached hydrogens (tertiary/aromatic N) is 2. The lowest BCUT2D eigenvalue weighted by Crippen LogP contribution is -2.46. The Labute approximate surface area is 147 Å². The van der Waals surface area contributed by atoms with Crippen molar-refractivity contribution in [2.45, 2.75) is 45.7 Å². The van der Waals surface area contributed by atoms with Crippen LogP contribution in [0.25, 0.3) is 0 Å². The molecule has 0 radical (unpaired) electrons. The Morgan fingerprint density at radius 3 is 2.43 bits per heavy atom. The molecular formula is C15H33IN4O. The van der Waals surface area contributed by atoms with Crippen LogP contribution in [0.1, 0.15) is 33.6 Å². The van der Waals surface area contributed by atoms with Crippen molar-refractivity contribution in [2.24, 2.45) is 10.9 Å². The van der Waals surface area contributed by atoms with Crippen LogP contribution in [-0.4, -0.2) is 63.3 Å². The minimum absolute atomic E-state index is 0. The number of hydrogen-bond donors (Lipinski definition) is 2. The van der Waals surface area contributed by atoms with Crippen molar-refractivity contribution >= 4 is 29.9 Å². The summed E-state index contributed by atoms with van der Waals surface area (Å²) < 4.78 is 5.18. The Hall–Kier alpha value is -0.0800. The molecule has 1 unspecified atom stereocenters. The summed E-state index contributed by atoms with van der Waals surface area (Å²) in [6, 6.07) is 1.20. The summed E-state index contributed by atoms with van der Waals surface area (Å²) >= 11 is 0. The number of aliphatic imine (C=N–C) groups is 1. The first-order valence-electron chi connectivity index (χ1n) is 7.78. The van der Waals surface area contributed by atoms with E-state index in [4.69, 9.17) is 4.74 Å². The van der Waals surface area contributed by atoms with Crippen LogP contribution in [0.3, 0.4) is 0 Å². The average molecular weight is 412 g/mol. The number of rotatable bonds is 9. The first kappa shape index (κ1) is 20.9. The maximum absolute atomic E-state index is 5.18. The molecule has 0 amide bonds. The molecule has 0 aromatic heterocycles. The molecule has 1 fully saturated rings. The number of ether oxygens (including phenoxy) is 1. The van der Waals surface area contributed by atoms with Gasteiger partial charge in [-0.2, -0.15) is 0 Å². The number of guanidine groups is 1. The van der Waals surface area contributed by atoms with E-state index in [0.717, 1.165) is 38.2 Å². The summed E-state index contributed by atoms with van der Waals surface area (Å²) in [4.78, 5) is 6.79. The van der Waals surface area contributed by atoms with Gasteiger partial charge in [0, 0.05) is 45.9 Å². The van der Waals surface area contributed by atoms with Crippen LogP contribution in [0, 0.1) is 5.92 Å². The van der Waals surface area contributed by atoms with E-state index >= 15 is 0 Å². The largest absolute Gasteiger partial charge is 0.383 e. The summed E-state index contributed by atoms with van der Waals surface area (Å²) in [5.74, 6) is 1.49. The molecule has 1 aliphatic rings. The summed E-state index contributed by atoms with van der Waals surface area (Å²) in [6.07, 6.45) is 2.67. The van der Waals surface area contributed by atoms with Crippen molar-refractivity contribution in [3.63, 3.8) is 0 Å². The molecule has 2 N–H and O–H groups in total. The first-order valence-corrected chi connectivity index (χ1v) is 7.78. The number of hydrogen-bond acceptors (Lipinski definition) is 3. The van der Waals surface area contributed by atoms with Crippen molar-refractivity contribution in [3.8, 4) is 0 Å². The van der Waals surface area contributed by atoms with E-state index in [1.54, 1.807) is 7.11 Å². The van der Waals surface area contributed by atoms with Crippen LogP contribution >= 0.6 is 24.0 Å². The minimum atomic E-state index is 0. The fraction of sp³-hybridized carbons (Fsp3) is 0.933.